The van der Waals surface area contributed by atoms with Crippen LogP contribution in [0.3, 0.4) is 0 Å². The van der Waals surface area contributed by atoms with Gasteiger partial charge in [0.1, 0.15) is 0 Å². The average Bonchev–Trinajstić information content (AvgIpc) is 2.62. The highest BCUT2D eigenvalue weighted by atomic mass is 16.7. The summed E-state index contributed by atoms with van der Waals surface area (Å²) < 4.78 is 10.4. The molecule has 0 atom stereocenters. The van der Waals surface area contributed by atoms with E-state index in [0.717, 1.165) is 5.56 Å². The van der Waals surface area contributed by atoms with Crippen LogP contribution in [0.15, 0.2) is 24.3 Å². The van der Waals surface area contributed by atoms with Crippen LogP contribution >= 0.6 is 0 Å². The molecule has 0 saturated carbocycles. The Hall–Kier alpha value is -1.77. The molecule has 1 aromatic rings. The zero-order valence-electron chi connectivity index (χ0n) is 6.82. The smallest absolute Gasteiger partial charge is 0.231 e. The highest BCUT2D eigenvalue weighted by Gasteiger charge is 2.14. The summed E-state index contributed by atoms with van der Waals surface area (Å²) in [5.74, 6) is 1.40. The van der Waals surface area contributed by atoms with Crippen molar-refractivity contribution in [2.45, 2.75) is 0 Å². The summed E-state index contributed by atoms with van der Waals surface area (Å²) >= 11 is 0. The Morgan fingerprint density at radius 3 is 3.15 bits per heavy atom. The summed E-state index contributed by atoms with van der Waals surface area (Å²) in [4.78, 5) is 9.99. The first-order chi connectivity index (χ1) is 6.42. The second-order valence-corrected chi connectivity index (χ2v) is 2.53. The van der Waals surface area contributed by atoms with Gasteiger partial charge in [0.15, 0.2) is 11.5 Å². The van der Waals surface area contributed by atoms with E-state index in [0.29, 0.717) is 11.5 Å². The molecule has 0 amide bonds. The minimum atomic E-state index is 0.241. The summed E-state index contributed by atoms with van der Waals surface area (Å²) in [7, 11) is 0. The van der Waals surface area contributed by atoms with Gasteiger partial charge in [0, 0.05) is 5.56 Å². The van der Waals surface area contributed by atoms with Gasteiger partial charge >= 0.3 is 0 Å². The Morgan fingerprint density at radius 1 is 1.38 bits per heavy atom. The first-order valence-electron chi connectivity index (χ1n) is 3.84. The zero-order chi connectivity index (χ0) is 9.10. The summed E-state index contributed by atoms with van der Waals surface area (Å²) in [6.45, 7) is 0.241. The summed E-state index contributed by atoms with van der Waals surface area (Å²) in [5.41, 5.74) is 0.832. The van der Waals surface area contributed by atoms with Crippen molar-refractivity contribution in [3.63, 3.8) is 0 Å². The minimum absolute atomic E-state index is 0.241. The van der Waals surface area contributed by atoms with E-state index in [1.54, 1.807) is 12.4 Å². The maximum absolute atomic E-state index is 9.99. The Bertz CT molecular complexity index is 355. The van der Waals surface area contributed by atoms with Crippen LogP contribution in [0.2, 0.25) is 0 Å². The van der Waals surface area contributed by atoms with Crippen molar-refractivity contribution in [1.29, 1.82) is 0 Å². The van der Waals surface area contributed by atoms with E-state index in [9.17, 15) is 4.79 Å². The summed E-state index contributed by atoms with van der Waals surface area (Å²) in [6.07, 6.45) is 4.62. The number of hydrogen-bond acceptors (Lipinski definition) is 3. The predicted octanol–water partition coefficient (Wildman–Crippen LogP) is 1.54. The predicted molar refractivity (Wildman–Crippen MR) is 47.3 cm³/mol. The number of allylic oxidation sites excluding steroid dienone is 1. The van der Waals surface area contributed by atoms with Crippen LogP contribution in [-0.4, -0.2) is 13.1 Å². The number of benzene rings is 1. The van der Waals surface area contributed by atoms with Gasteiger partial charge in [-0.2, -0.15) is 0 Å². The quantitative estimate of drug-likeness (QED) is 0.639. The van der Waals surface area contributed by atoms with E-state index in [1.807, 2.05) is 18.2 Å². The molecule has 1 aliphatic rings. The second-order valence-electron chi connectivity index (χ2n) is 2.53. The maximum atomic E-state index is 9.99. The van der Waals surface area contributed by atoms with Gasteiger partial charge in [-0.15, -0.1) is 0 Å². The second kappa shape index (κ2) is 3.31. The maximum Gasteiger partial charge on any atom is 0.231 e. The molecule has 0 fully saturated rings. The third-order valence-electron chi connectivity index (χ3n) is 1.76. The van der Waals surface area contributed by atoms with Crippen molar-refractivity contribution in [2.24, 2.45) is 0 Å². The lowest BCUT2D eigenvalue weighted by molar-refractivity contribution is 0.174. The molecule has 0 spiro atoms. The molecule has 13 heavy (non-hydrogen) atoms. The third kappa shape index (κ3) is 1.40. The molecule has 0 N–H and O–H groups in total. The van der Waals surface area contributed by atoms with E-state index in [2.05, 4.69) is 0 Å². The molecule has 3 heteroatoms. The molecule has 2 rings (SSSR count). The van der Waals surface area contributed by atoms with E-state index in [1.165, 1.54) is 6.08 Å². The Kier molecular flexibility index (Phi) is 2.00. The number of rotatable bonds is 2. The molecule has 0 saturated heterocycles. The first-order valence-corrected chi connectivity index (χ1v) is 3.84. The molecule has 1 aliphatic heterocycles. The zero-order valence-corrected chi connectivity index (χ0v) is 6.82. The van der Waals surface area contributed by atoms with E-state index in [4.69, 9.17) is 9.47 Å². The molecule has 1 heterocycles. The van der Waals surface area contributed by atoms with E-state index < -0.39 is 0 Å². The molecule has 1 radical (unpaired) electrons. The van der Waals surface area contributed by atoms with Crippen LogP contribution in [0.4, 0.5) is 0 Å². The van der Waals surface area contributed by atoms with Crippen LogP contribution in [-0.2, 0) is 4.79 Å². The number of fused-ring (bicyclic) bond motifs is 1. The monoisotopic (exact) mass is 175 g/mol. The Labute approximate surface area is 75.6 Å². The van der Waals surface area contributed by atoms with E-state index in [-0.39, 0.29) is 6.79 Å². The van der Waals surface area contributed by atoms with Crippen molar-refractivity contribution in [2.75, 3.05) is 6.79 Å². The minimum Gasteiger partial charge on any atom is -0.454 e. The molecular formula is C10H7O3. The van der Waals surface area contributed by atoms with Crippen molar-refractivity contribution in [1.82, 2.24) is 0 Å². The molecule has 65 valence electrons. The molecule has 1 aromatic carbocycles. The molecular weight excluding hydrogens is 168 g/mol. The van der Waals surface area contributed by atoms with Gasteiger partial charge in [-0.3, -0.25) is 4.79 Å². The number of hydrogen-bond donors (Lipinski definition) is 0. The summed E-state index contributed by atoms with van der Waals surface area (Å²) in [5, 5.41) is 0. The fourth-order valence-corrected chi connectivity index (χ4v) is 1.21. The van der Waals surface area contributed by atoms with Crippen LogP contribution < -0.4 is 9.47 Å². The molecule has 3 nitrogen and oxygen atoms in total. The van der Waals surface area contributed by atoms with Crippen molar-refractivity contribution < 1.29 is 14.3 Å². The molecule has 0 aromatic heterocycles. The highest BCUT2D eigenvalue weighted by Crippen LogP contribution is 2.35. The van der Waals surface area contributed by atoms with Gasteiger partial charge in [-0.25, -0.2) is 0 Å². The number of carbonyl (C=O) groups excluding carboxylic acids is 1. The molecule has 0 bridgehead atoms. The number of ether oxygens (including phenoxy) is 2. The van der Waals surface area contributed by atoms with Gasteiger partial charge in [0.05, 0.1) is 0 Å². The van der Waals surface area contributed by atoms with Crippen molar-refractivity contribution >= 4 is 12.4 Å². The van der Waals surface area contributed by atoms with Gasteiger partial charge in [-0.05, 0) is 18.2 Å². The largest absolute Gasteiger partial charge is 0.454 e. The van der Waals surface area contributed by atoms with E-state index >= 15 is 0 Å². The SMILES string of the molecule is O=[C]C=Cc1cccc2c1OCO2. The van der Waals surface area contributed by atoms with Gasteiger partial charge in [0.2, 0.25) is 13.1 Å². The average molecular weight is 175 g/mol. The van der Waals surface area contributed by atoms with Crippen molar-refractivity contribution in [3.8, 4) is 11.5 Å². The summed E-state index contributed by atoms with van der Waals surface area (Å²) in [6, 6.07) is 5.52. The number of para-hydroxylation sites is 1. The lowest BCUT2D eigenvalue weighted by atomic mass is 10.2. The van der Waals surface area contributed by atoms with Crippen LogP contribution in [0.5, 0.6) is 11.5 Å². The Balaban J connectivity index is 2.41. The lowest BCUT2D eigenvalue weighted by Gasteiger charge is -1.98. The fraction of sp³-hybridized carbons (Fsp3) is 0.100. The normalized spacial score (nSPS) is 13.5. The van der Waals surface area contributed by atoms with Gasteiger partial charge < -0.3 is 9.47 Å². The first kappa shape index (κ1) is 7.86. The highest BCUT2D eigenvalue weighted by molar-refractivity contribution is 5.76. The van der Waals surface area contributed by atoms with Crippen LogP contribution in [0.1, 0.15) is 5.56 Å². The van der Waals surface area contributed by atoms with Gasteiger partial charge in [-0.1, -0.05) is 12.1 Å². The van der Waals surface area contributed by atoms with Crippen LogP contribution in [0.25, 0.3) is 6.08 Å². The standard InChI is InChI=1S/C10H7O3/c11-6-2-4-8-3-1-5-9-10(8)13-7-12-9/h1-5H,7H2. The fourth-order valence-electron chi connectivity index (χ4n) is 1.21. The molecule has 0 aliphatic carbocycles. The van der Waals surface area contributed by atoms with Crippen molar-refractivity contribution in [3.05, 3.63) is 29.8 Å². The third-order valence-corrected chi connectivity index (χ3v) is 1.76. The van der Waals surface area contributed by atoms with Crippen LogP contribution in [0, 0.1) is 0 Å². The topological polar surface area (TPSA) is 35.5 Å². The van der Waals surface area contributed by atoms with Gasteiger partial charge in [0.25, 0.3) is 0 Å². The Morgan fingerprint density at radius 2 is 2.31 bits per heavy atom. The lowest BCUT2D eigenvalue weighted by Crippen LogP contribution is -1.93. The molecule has 0 unspecified atom stereocenters.